The maximum Gasteiger partial charge on any atom is 0.322 e. The van der Waals surface area contributed by atoms with E-state index < -0.39 is 6.10 Å². The van der Waals surface area contributed by atoms with Gasteiger partial charge in [-0.25, -0.2) is 4.79 Å². The molecule has 0 spiro atoms. The first-order valence-electron chi connectivity index (χ1n) is 7.06. The van der Waals surface area contributed by atoms with Gasteiger partial charge in [-0.2, -0.15) is 5.10 Å². The van der Waals surface area contributed by atoms with Crippen molar-refractivity contribution in [3.63, 3.8) is 0 Å². The number of aliphatic hydroxyl groups is 1. The van der Waals surface area contributed by atoms with Gasteiger partial charge in [0.25, 0.3) is 0 Å². The number of aromatic nitrogens is 2. The number of nitrogens with zero attached hydrogens (tertiary/aromatic N) is 3. The van der Waals surface area contributed by atoms with Crippen LogP contribution in [0.2, 0.25) is 0 Å². The summed E-state index contributed by atoms with van der Waals surface area (Å²) < 4.78 is 1.82. The third-order valence-electron chi connectivity index (χ3n) is 3.73. The van der Waals surface area contributed by atoms with Gasteiger partial charge in [-0.05, 0) is 33.1 Å². The van der Waals surface area contributed by atoms with Gasteiger partial charge < -0.3 is 15.3 Å². The zero-order chi connectivity index (χ0) is 14.9. The van der Waals surface area contributed by atoms with Crippen molar-refractivity contribution >= 4 is 11.7 Å². The van der Waals surface area contributed by atoms with E-state index in [0.29, 0.717) is 18.8 Å². The summed E-state index contributed by atoms with van der Waals surface area (Å²) >= 11 is 0. The summed E-state index contributed by atoms with van der Waals surface area (Å²) in [6.45, 7) is 9.22. The monoisotopic (exact) mass is 280 g/mol. The Hall–Kier alpha value is -1.56. The van der Waals surface area contributed by atoms with E-state index in [0.717, 1.165) is 6.42 Å². The molecule has 1 aliphatic heterocycles. The Morgan fingerprint density at radius 3 is 2.75 bits per heavy atom. The van der Waals surface area contributed by atoms with Crippen LogP contribution in [0.4, 0.5) is 10.5 Å². The molecule has 0 saturated carbocycles. The van der Waals surface area contributed by atoms with Crippen LogP contribution in [0.3, 0.4) is 0 Å². The van der Waals surface area contributed by atoms with Gasteiger partial charge in [0.15, 0.2) is 0 Å². The Kier molecular flexibility index (Phi) is 4.04. The van der Waals surface area contributed by atoms with Crippen LogP contribution in [0.1, 0.15) is 34.1 Å². The lowest BCUT2D eigenvalue weighted by atomic mass is 9.96. The van der Waals surface area contributed by atoms with E-state index in [2.05, 4.69) is 10.4 Å². The third kappa shape index (κ3) is 3.30. The molecule has 1 saturated heterocycles. The topological polar surface area (TPSA) is 70.4 Å². The molecule has 2 N–H and O–H groups in total. The third-order valence-corrected chi connectivity index (χ3v) is 3.73. The fourth-order valence-corrected chi connectivity index (χ4v) is 2.19. The van der Waals surface area contributed by atoms with Gasteiger partial charge in [0, 0.05) is 19.3 Å². The SMILES string of the molecule is CC1CCN(C(=O)Nc2cnn(C(C)(C)C)c2)CC1O. The number of carbonyl (C=O) groups excluding carboxylic acids is 1. The minimum atomic E-state index is -0.438. The summed E-state index contributed by atoms with van der Waals surface area (Å²) in [6.07, 6.45) is 3.86. The summed E-state index contributed by atoms with van der Waals surface area (Å²) in [4.78, 5) is 13.8. The van der Waals surface area contributed by atoms with Crippen LogP contribution in [-0.4, -0.2) is 45.0 Å². The van der Waals surface area contributed by atoms with Gasteiger partial charge in [0.2, 0.25) is 0 Å². The fraction of sp³-hybridized carbons (Fsp3) is 0.714. The molecule has 20 heavy (non-hydrogen) atoms. The van der Waals surface area contributed by atoms with E-state index in [1.165, 1.54) is 0 Å². The van der Waals surface area contributed by atoms with Crippen molar-refractivity contribution in [2.45, 2.75) is 45.8 Å². The number of hydrogen-bond donors (Lipinski definition) is 2. The quantitative estimate of drug-likeness (QED) is 0.825. The molecule has 1 aromatic rings. The molecule has 2 heterocycles. The van der Waals surface area contributed by atoms with Gasteiger partial charge in [0.05, 0.1) is 23.5 Å². The molecule has 6 heteroatoms. The molecule has 0 bridgehead atoms. The molecular formula is C14H24N4O2. The molecule has 6 nitrogen and oxygen atoms in total. The number of amides is 2. The molecule has 2 unspecified atom stereocenters. The molecular weight excluding hydrogens is 256 g/mol. The number of β-amino-alcohol motifs (C(OH)–C–C–N with tert-alkyl or cyclic N) is 1. The van der Waals surface area contributed by atoms with Gasteiger partial charge in [0.1, 0.15) is 0 Å². The Balaban J connectivity index is 1.96. The van der Waals surface area contributed by atoms with Crippen molar-refractivity contribution in [1.82, 2.24) is 14.7 Å². The standard InChI is InChI=1S/C14H24N4O2/c1-10-5-6-17(9-12(10)19)13(20)16-11-7-15-18(8-11)14(2,3)4/h7-8,10,12,19H,5-6,9H2,1-4H3,(H,16,20). The van der Waals surface area contributed by atoms with Gasteiger partial charge in [-0.15, -0.1) is 0 Å². The highest BCUT2D eigenvalue weighted by Crippen LogP contribution is 2.19. The zero-order valence-electron chi connectivity index (χ0n) is 12.6. The molecule has 2 amide bonds. The fourth-order valence-electron chi connectivity index (χ4n) is 2.19. The Bertz CT molecular complexity index is 478. The van der Waals surface area contributed by atoms with Crippen molar-refractivity contribution in [2.75, 3.05) is 18.4 Å². The maximum absolute atomic E-state index is 12.1. The number of piperidine rings is 1. The highest BCUT2D eigenvalue weighted by molar-refractivity contribution is 5.89. The molecule has 2 atom stereocenters. The number of aliphatic hydroxyl groups excluding tert-OH is 1. The average molecular weight is 280 g/mol. The van der Waals surface area contributed by atoms with Crippen molar-refractivity contribution in [3.8, 4) is 0 Å². The minimum Gasteiger partial charge on any atom is -0.391 e. The van der Waals surface area contributed by atoms with Crippen molar-refractivity contribution in [3.05, 3.63) is 12.4 Å². The van der Waals surface area contributed by atoms with E-state index in [1.807, 2.05) is 38.6 Å². The number of carbonyl (C=O) groups is 1. The van der Waals surface area contributed by atoms with Crippen LogP contribution in [0, 0.1) is 5.92 Å². The van der Waals surface area contributed by atoms with Gasteiger partial charge in [-0.1, -0.05) is 6.92 Å². The number of anilines is 1. The van der Waals surface area contributed by atoms with E-state index >= 15 is 0 Å². The summed E-state index contributed by atoms with van der Waals surface area (Å²) in [5, 5.41) is 16.9. The van der Waals surface area contributed by atoms with Gasteiger partial charge >= 0.3 is 6.03 Å². The lowest BCUT2D eigenvalue weighted by Crippen LogP contribution is -2.47. The molecule has 0 aromatic carbocycles. The summed E-state index contributed by atoms with van der Waals surface area (Å²) in [6, 6.07) is -0.176. The van der Waals surface area contributed by atoms with Crippen LogP contribution >= 0.6 is 0 Å². The molecule has 1 aromatic heterocycles. The van der Waals surface area contributed by atoms with E-state index in [4.69, 9.17) is 0 Å². The molecule has 112 valence electrons. The molecule has 1 aliphatic rings. The van der Waals surface area contributed by atoms with Crippen molar-refractivity contribution in [2.24, 2.45) is 5.92 Å². The number of likely N-dealkylation sites (tertiary alicyclic amines) is 1. The van der Waals surface area contributed by atoms with Crippen LogP contribution in [0.25, 0.3) is 0 Å². The van der Waals surface area contributed by atoms with Crippen LogP contribution in [-0.2, 0) is 5.54 Å². The predicted octanol–water partition coefficient (Wildman–Crippen LogP) is 1.87. The Morgan fingerprint density at radius 1 is 1.50 bits per heavy atom. The van der Waals surface area contributed by atoms with Crippen LogP contribution < -0.4 is 5.32 Å². The number of hydrogen-bond acceptors (Lipinski definition) is 3. The second kappa shape index (κ2) is 5.44. The first kappa shape index (κ1) is 14.8. The Morgan fingerprint density at radius 2 is 2.20 bits per heavy atom. The van der Waals surface area contributed by atoms with Gasteiger partial charge in [-0.3, -0.25) is 4.68 Å². The molecule has 0 aliphatic carbocycles. The van der Waals surface area contributed by atoms with E-state index in [9.17, 15) is 9.90 Å². The van der Waals surface area contributed by atoms with Crippen molar-refractivity contribution < 1.29 is 9.90 Å². The van der Waals surface area contributed by atoms with Crippen LogP contribution in [0.5, 0.6) is 0 Å². The summed E-state index contributed by atoms with van der Waals surface area (Å²) in [5.41, 5.74) is 0.567. The van der Waals surface area contributed by atoms with Crippen LogP contribution in [0.15, 0.2) is 12.4 Å². The molecule has 2 rings (SSSR count). The summed E-state index contributed by atoms with van der Waals surface area (Å²) in [5.74, 6) is 0.252. The van der Waals surface area contributed by atoms with E-state index in [1.54, 1.807) is 11.1 Å². The first-order chi connectivity index (χ1) is 9.27. The molecule has 0 radical (unpaired) electrons. The largest absolute Gasteiger partial charge is 0.391 e. The van der Waals surface area contributed by atoms with Crippen molar-refractivity contribution in [1.29, 1.82) is 0 Å². The lowest BCUT2D eigenvalue weighted by molar-refractivity contribution is 0.0464. The number of rotatable bonds is 1. The first-order valence-corrected chi connectivity index (χ1v) is 7.06. The zero-order valence-corrected chi connectivity index (χ0v) is 12.6. The highest BCUT2D eigenvalue weighted by atomic mass is 16.3. The van der Waals surface area contributed by atoms with E-state index in [-0.39, 0.29) is 17.5 Å². The average Bonchev–Trinajstić information content (AvgIpc) is 2.81. The second-order valence-electron chi connectivity index (χ2n) is 6.55. The second-order valence-corrected chi connectivity index (χ2v) is 6.55. The smallest absolute Gasteiger partial charge is 0.322 e. The summed E-state index contributed by atoms with van der Waals surface area (Å²) in [7, 11) is 0. The molecule has 1 fully saturated rings. The predicted molar refractivity (Wildman–Crippen MR) is 77.6 cm³/mol. The Labute approximate surface area is 119 Å². The lowest BCUT2D eigenvalue weighted by Gasteiger charge is -2.34. The number of nitrogens with one attached hydrogen (secondary N) is 1. The number of urea groups is 1. The normalized spacial score (nSPS) is 23.8. The maximum atomic E-state index is 12.1. The minimum absolute atomic E-state index is 0.111. The highest BCUT2D eigenvalue weighted by Gasteiger charge is 2.27.